The number of aliphatic hydroxyl groups excluding tert-OH is 1. The van der Waals surface area contributed by atoms with E-state index >= 15 is 0 Å². The van der Waals surface area contributed by atoms with Gasteiger partial charge in [-0.15, -0.1) is 11.3 Å². The van der Waals surface area contributed by atoms with E-state index in [2.05, 4.69) is 36.7 Å². The van der Waals surface area contributed by atoms with Gasteiger partial charge in [-0.1, -0.05) is 64.5 Å². The van der Waals surface area contributed by atoms with Crippen LogP contribution in [0.15, 0.2) is 63.0 Å². The molecule has 2 N–H and O–H groups in total. The van der Waals surface area contributed by atoms with Gasteiger partial charge in [-0.3, -0.25) is 4.79 Å². The van der Waals surface area contributed by atoms with Crippen molar-refractivity contribution in [2.24, 2.45) is 23.7 Å². The highest BCUT2D eigenvalue weighted by Crippen LogP contribution is 2.48. The average Bonchev–Trinajstić information content (AvgIpc) is 3.67. The van der Waals surface area contributed by atoms with Gasteiger partial charge in [-0.05, 0) is 77.2 Å². The predicted octanol–water partition coefficient (Wildman–Crippen LogP) is 7.22. The molecule has 3 fully saturated rings. The van der Waals surface area contributed by atoms with E-state index in [9.17, 15) is 19.8 Å². The zero-order chi connectivity index (χ0) is 36.0. The monoisotopic (exact) mass is 774 g/mol. The van der Waals surface area contributed by atoms with Crippen LogP contribution in [-0.4, -0.2) is 76.8 Å². The first-order valence-corrected chi connectivity index (χ1v) is 19.7. The van der Waals surface area contributed by atoms with Crippen LogP contribution in [0.25, 0.3) is 0 Å². The third kappa shape index (κ3) is 7.38. The van der Waals surface area contributed by atoms with Crippen LogP contribution in [0.3, 0.4) is 0 Å². The second kappa shape index (κ2) is 15.1. The van der Waals surface area contributed by atoms with Gasteiger partial charge in [0, 0.05) is 35.0 Å². The van der Waals surface area contributed by atoms with Crippen LogP contribution in [0.4, 0.5) is 0 Å². The van der Waals surface area contributed by atoms with Gasteiger partial charge in [0.05, 0.1) is 24.9 Å². The average molecular weight is 776 g/mol. The second-order valence-corrected chi connectivity index (χ2v) is 16.9. The van der Waals surface area contributed by atoms with Crippen molar-refractivity contribution >= 4 is 39.2 Å². The molecule has 274 valence electrons. The molecular weight excluding hydrogens is 724 g/mol. The summed E-state index contributed by atoms with van der Waals surface area (Å²) in [5, 5.41) is 25.7. The highest BCUT2D eigenvalue weighted by Gasteiger charge is 2.61. The summed E-state index contributed by atoms with van der Waals surface area (Å²) in [6, 6.07) is 1.68. The van der Waals surface area contributed by atoms with E-state index in [0.29, 0.717) is 53.5 Å². The first-order valence-electron chi connectivity index (χ1n) is 18.0. The molecule has 12 atom stereocenters. The van der Waals surface area contributed by atoms with Gasteiger partial charge < -0.3 is 33.9 Å². The number of allylic oxidation sites excluding steroid dienone is 2. The lowest BCUT2D eigenvalue weighted by atomic mass is 9.70. The fourth-order valence-electron chi connectivity index (χ4n) is 8.28. The lowest BCUT2D eigenvalue weighted by Gasteiger charge is -2.51. The topological polar surface area (TPSA) is 121 Å². The third-order valence-electron chi connectivity index (χ3n) is 11.5. The number of carbonyl (C=O) groups is 2. The van der Waals surface area contributed by atoms with E-state index in [1.54, 1.807) is 36.6 Å². The third-order valence-corrected chi connectivity index (χ3v) is 13.1. The number of hydrogen-bond acceptors (Lipinski definition) is 10. The number of halogens is 1. The predicted molar refractivity (Wildman–Crippen MR) is 193 cm³/mol. The standard InChI is InChI=1S/C39H51BrO9S/c1-7-21(2)33-24(5)13-14-38(49-33)18-29-17-28(48-38)12-11-23(4)32(41)22(3)9-8-10-26-19-45-35-34(47-37(43)31-16-27(40)20-50-31)25(6)15-30(36(42)46-29)39(26,35)44/h8-11,15-16,20-22,24,28-30,32-35,41,44H,7,12-14,17-19H2,1-6H3/b9-8+,23-11+,26-10+/t21-,22-,24-,28+,29-,30-,32-,33+,34+,35+,38+,39+/m0/s1. The molecule has 4 aliphatic heterocycles. The number of carbonyl (C=O) groups excluding carboxylic acids is 2. The molecule has 6 rings (SSSR count). The quantitative estimate of drug-likeness (QED) is 0.241. The Morgan fingerprint density at radius 1 is 1.20 bits per heavy atom. The maximum atomic E-state index is 14.4. The Morgan fingerprint density at radius 2 is 1.98 bits per heavy atom. The van der Waals surface area contributed by atoms with E-state index in [4.69, 9.17) is 23.7 Å². The molecule has 2 bridgehead atoms. The van der Waals surface area contributed by atoms with Gasteiger partial charge in [0.15, 0.2) is 11.9 Å². The molecule has 3 saturated heterocycles. The smallest absolute Gasteiger partial charge is 0.349 e. The summed E-state index contributed by atoms with van der Waals surface area (Å²) in [5.41, 5.74) is 0.0361. The molecule has 1 spiro atoms. The molecule has 0 saturated carbocycles. The Hall–Kier alpha value is -2.12. The molecule has 5 heterocycles. The van der Waals surface area contributed by atoms with Crippen LogP contribution >= 0.6 is 27.3 Å². The summed E-state index contributed by atoms with van der Waals surface area (Å²) in [6.45, 7) is 12.3. The minimum absolute atomic E-state index is 0.0112. The molecular formula is C39H51BrO9S. The minimum atomic E-state index is -1.85. The summed E-state index contributed by atoms with van der Waals surface area (Å²) in [5.74, 6) is -2.67. The normalized spacial score (nSPS) is 42.6. The van der Waals surface area contributed by atoms with Crippen molar-refractivity contribution in [1.82, 2.24) is 0 Å². The van der Waals surface area contributed by atoms with Gasteiger partial charge in [0.25, 0.3) is 0 Å². The highest BCUT2D eigenvalue weighted by molar-refractivity contribution is 9.10. The molecule has 1 aromatic heterocycles. The number of fused-ring (bicyclic) bond motifs is 2. The van der Waals surface area contributed by atoms with Crippen molar-refractivity contribution in [3.05, 3.63) is 67.9 Å². The zero-order valence-electron chi connectivity index (χ0n) is 29.8. The van der Waals surface area contributed by atoms with Crippen LogP contribution in [0.1, 0.15) is 89.7 Å². The van der Waals surface area contributed by atoms with E-state index in [-0.39, 0.29) is 24.7 Å². The van der Waals surface area contributed by atoms with Crippen LogP contribution in [0.5, 0.6) is 0 Å². The lowest BCUT2D eigenvalue weighted by molar-refractivity contribution is -0.340. The van der Waals surface area contributed by atoms with E-state index < -0.39 is 53.7 Å². The van der Waals surface area contributed by atoms with Gasteiger partial charge in [0.2, 0.25) is 0 Å². The van der Waals surface area contributed by atoms with Crippen molar-refractivity contribution in [2.45, 2.75) is 128 Å². The molecule has 0 unspecified atom stereocenters. The lowest BCUT2D eigenvalue weighted by Crippen LogP contribution is -2.59. The molecule has 1 aliphatic carbocycles. The molecule has 0 amide bonds. The van der Waals surface area contributed by atoms with Gasteiger partial charge in [-0.2, -0.15) is 0 Å². The molecule has 0 radical (unpaired) electrons. The van der Waals surface area contributed by atoms with Crippen molar-refractivity contribution in [1.29, 1.82) is 0 Å². The maximum absolute atomic E-state index is 14.4. The molecule has 9 nitrogen and oxygen atoms in total. The second-order valence-electron chi connectivity index (χ2n) is 15.1. The largest absolute Gasteiger partial charge is 0.462 e. The fourth-order valence-corrected chi connectivity index (χ4v) is 9.59. The zero-order valence-corrected chi connectivity index (χ0v) is 32.2. The van der Waals surface area contributed by atoms with E-state index in [1.165, 1.54) is 11.3 Å². The van der Waals surface area contributed by atoms with Gasteiger partial charge in [-0.25, -0.2) is 4.79 Å². The Morgan fingerprint density at radius 3 is 2.70 bits per heavy atom. The summed E-state index contributed by atoms with van der Waals surface area (Å²) < 4.78 is 33.0. The summed E-state index contributed by atoms with van der Waals surface area (Å²) in [4.78, 5) is 28.0. The van der Waals surface area contributed by atoms with Crippen LogP contribution < -0.4 is 0 Å². The van der Waals surface area contributed by atoms with Gasteiger partial charge >= 0.3 is 11.9 Å². The Balaban J connectivity index is 1.37. The summed E-state index contributed by atoms with van der Waals surface area (Å²) in [7, 11) is 0. The van der Waals surface area contributed by atoms with Crippen molar-refractivity contribution in [3.63, 3.8) is 0 Å². The molecule has 0 aromatic carbocycles. The van der Waals surface area contributed by atoms with E-state index in [1.807, 2.05) is 26.0 Å². The fraction of sp³-hybridized carbons (Fsp3) is 0.641. The molecule has 1 aromatic rings. The molecule has 50 heavy (non-hydrogen) atoms. The van der Waals surface area contributed by atoms with Crippen LogP contribution in [0.2, 0.25) is 0 Å². The van der Waals surface area contributed by atoms with E-state index in [0.717, 1.165) is 22.9 Å². The number of thiophene rings is 1. The SMILES string of the molecule is CC[C@H](C)[C@H]1O[C@]2(CC[C@@H]1C)C[C@@H]1C[C@@H](C/C=C(\C)[C@@H](O)[C@@H](C)/C=C/C=C3\CO[C@@H]4[C@H](OC(=O)c5cc(Br)cs5)C(C)=C[C@@H](C(=O)O1)[C@]34O)O2. The van der Waals surface area contributed by atoms with Crippen molar-refractivity contribution in [2.75, 3.05) is 6.61 Å². The summed E-state index contributed by atoms with van der Waals surface area (Å²) in [6.07, 6.45) is 9.50. The van der Waals surface area contributed by atoms with Crippen LogP contribution in [0, 0.1) is 23.7 Å². The number of rotatable bonds is 4. The Kier molecular flexibility index (Phi) is 11.4. The highest BCUT2D eigenvalue weighted by atomic mass is 79.9. The maximum Gasteiger partial charge on any atom is 0.349 e. The number of hydrogen-bond donors (Lipinski definition) is 2. The summed E-state index contributed by atoms with van der Waals surface area (Å²) >= 11 is 4.64. The Bertz CT molecular complexity index is 1560. The van der Waals surface area contributed by atoms with Crippen molar-refractivity contribution < 1.29 is 43.5 Å². The van der Waals surface area contributed by atoms with Gasteiger partial charge in [0.1, 0.15) is 28.6 Å². The van der Waals surface area contributed by atoms with Crippen molar-refractivity contribution in [3.8, 4) is 0 Å². The first-order chi connectivity index (χ1) is 23.7. The number of aliphatic hydroxyl groups is 2. The first kappa shape index (κ1) is 37.6. The molecule has 5 aliphatic rings. The minimum Gasteiger partial charge on any atom is -0.462 e. The number of esters is 2. The Labute approximate surface area is 307 Å². The number of ether oxygens (including phenoxy) is 5. The molecule has 11 heteroatoms. The van der Waals surface area contributed by atoms with Crippen LogP contribution in [-0.2, 0) is 28.5 Å².